The van der Waals surface area contributed by atoms with Gasteiger partial charge in [-0.2, -0.15) is 0 Å². The molecule has 0 bridgehead atoms. The predicted molar refractivity (Wildman–Crippen MR) is 92.7 cm³/mol. The standard InChI is InChI=1S/C7H11Ge.3C3H8O.Hf/c1-8(2)7-5-3-4-6-7;3*1-2-3-4;/h3-6,8H,1-2H3;3*4H,2-3H2,1H3;/q-1;;;;. The molecule has 1 aromatic carbocycles. The second-order valence-corrected chi connectivity index (χ2v) is 10.8. The van der Waals surface area contributed by atoms with Crippen LogP contribution in [0.2, 0.25) is 11.5 Å². The SMILES string of the molecule is CCCO.CCCO.CCCO.[CH3][GeH]([CH3])[c-]1cccc1.[Hf]. The Kier molecular flexibility index (Phi) is 40.6. The Hall–Kier alpha value is 0.643. The smallest absolute Gasteiger partial charge is 0 e. The summed E-state index contributed by atoms with van der Waals surface area (Å²) in [4.78, 5) is 0. The molecule has 0 aliphatic carbocycles. The first-order chi connectivity index (χ1) is 9.55. The molecule has 0 aromatic heterocycles. The van der Waals surface area contributed by atoms with Gasteiger partial charge in [0.25, 0.3) is 0 Å². The Balaban J connectivity index is -0.0000000973. The van der Waals surface area contributed by atoms with Crippen molar-refractivity contribution >= 4 is 18.7 Å². The second-order valence-electron chi connectivity index (χ2n) is 4.54. The van der Waals surface area contributed by atoms with Crippen LogP contribution in [0.15, 0.2) is 24.3 Å². The molecule has 0 heterocycles. The van der Waals surface area contributed by atoms with Crippen LogP contribution in [0.1, 0.15) is 40.0 Å². The Labute approximate surface area is 155 Å². The topological polar surface area (TPSA) is 60.7 Å². The molecule has 0 radical (unpaired) electrons. The summed E-state index contributed by atoms with van der Waals surface area (Å²) in [6.07, 6.45) is 2.62. The van der Waals surface area contributed by atoms with Crippen molar-refractivity contribution in [3.8, 4) is 0 Å². The first-order valence-corrected chi connectivity index (χ1v) is 13.6. The largest absolute Gasteiger partial charge is 0 e. The van der Waals surface area contributed by atoms with Crippen molar-refractivity contribution in [1.29, 1.82) is 0 Å². The van der Waals surface area contributed by atoms with E-state index in [2.05, 4.69) is 35.8 Å². The van der Waals surface area contributed by atoms with Crippen LogP contribution in [-0.4, -0.2) is 49.5 Å². The minimum Gasteiger partial charge on any atom is 0 e. The molecular formula is C16H35GeHfO3-. The molecule has 5 heteroatoms. The zero-order chi connectivity index (χ0) is 16.2. The van der Waals surface area contributed by atoms with Gasteiger partial charge in [-0.15, -0.1) is 0 Å². The molecule has 0 aliphatic rings. The Morgan fingerprint density at radius 2 is 1.00 bits per heavy atom. The third-order valence-electron chi connectivity index (χ3n) is 2.03. The van der Waals surface area contributed by atoms with Gasteiger partial charge in [-0.1, -0.05) is 20.8 Å². The minimum atomic E-state index is -0.888. The summed E-state index contributed by atoms with van der Waals surface area (Å²) in [5.74, 6) is 4.78. The maximum atomic E-state index is 7.88. The van der Waals surface area contributed by atoms with Gasteiger partial charge in [0.1, 0.15) is 0 Å². The molecule has 0 unspecified atom stereocenters. The zero-order valence-electron chi connectivity index (χ0n) is 14.5. The molecule has 126 valence electrons. The number of hydrogen-bond acceptors (Lipinski definition) is 3. The summed E-state index contributed by atoms with van der Waals surface area (Å²) in [6.45, 7) is 6.75. The molecule has 0 spiro atoms. The third kappa shape index (κ3) is 33.5. The zero-order valence-corrected chi connectivity index (χ0v) is 20.5. The van der Waals surface area contributed by atoms with E-state index in [9.17, 15) is 0 Å². The van der Waals surface area contributed by atoms with Crippen molar-refractivity contribution in [3.63, 3.8) is 0 Å². The van der Waals surface area contributed by atoms with Gasteiger partial charge in [0.2, 0.25) is 0 Å². The normalized spacial score (nSPS) is 8.24. The molecular weight excluding hydrogens is 491 g/mol. The van der Waals surface area contributed by atoms with Crippen LogP contribution in [0.5, 0.6) is 0 Å². The molecule has 0 saturated heterocycles. The van der Waals surface area contributed by atoms with Crippen LogP contribution < -0.4 is 4.40 Å². The molecule has 0 atom stereocenters. The van der Waals surface area contributed by atoms with Gasteiger partial charge in [-0.25, -0.2) is 0 Å². The van der Waals surface area contributed by atoms with Crippen LogP contribution >= 0.6 is 0 Å². The van der Waals surface area contributed by atoms with Crippen molar-refractivity contribution in [2.24, 2.45) is 0 Å². The summed E-state index contributed by atoms with van der Waals surface area (Å²) >= 11 is -0.888. The molecule has 1 rings (SSSR count). The van der Waals surface area contributed by atoms with E-state index < -0.39 is 14.3 Å². The predicted octanol–water partition coefficient (Wildman–Crippen LogP) is 2.26. The Morgan fingerprint density at radius 1 is 0.762 bits per heavy atom. The van der Waals surface area contributed by atoms with E-state index in [0.29, 0.717) is 19.8 Å². The maximum absolute atomic E-state index is 7.88. The van der Waals surface area contributed by atoms with E-state index in [1.165, 1.54) is 0 Å². The van der Waals surface area contributed by atoms with Gasteiger partial charge in [-0.05, 0) is 19.3 Å². The summed E-state index contributed by atoms with van der Waals surface area (Å²) in [5, 5.41) is 23.6. The summed E-state index contributed by atoms with van der Waals surface area (Å²) in [5.41, 5.74) is 0. The molecule has 3 N–H and O–H groups in total. The minimum absolute atomic E-state index is 0. The van der Waals surface area contributed by atoms with Crippen molar-refractivity contribution < 1.29 is 41.2 Å². The molecule has 21 heavy (non-hydrogen) atoms. The summed E-state index contributed by atoms with van der Waals surface area (Å²) in [7, 11) is 0. The number of hydrogen-bond donors (Lipinski definition) is 3. The van der Waals surface area contributed by atoms with Crippen LogP contribution in [0.3, 0.4) is 0 Å². The van der Waals surface area contributed by atoms with Crippen molar-refractivity contribution in [1.82, 2.24) is 0 Å². The second kappa shape index (κ2) is 28.8. The van der Waals surface area contributed by atoms with Gasteiger partial charge in [-0.3, -0.25) is 0 Å². The monoisotopic (exact) mass is 529 g/mol. The summed E-state index contributed by atoms with van der Waals surface area (Å²) in [6, 6.07) is 8.73. The number of rotatable bonds is 4. The fourth-order valence-electron chi connectivity index (χ4n) is 0.774. The van der Waals surface area contributed by atoms with Crippen LogP contribution in [0, 0.1) is 0 Å². The van der Waals surface area contributed by atoms with E-state index >= 15 is 0 Å². The van der Waals surface area contributed by atoms with E-state index in [1.54, 1.807) is 4.40 Å². The summed E-state index contributed by atoms with van der Waals surface area (Å²) < 4.78 is 1.62. The first-order valence-electron chi connectivity index (χ1n) is 7.59. The van der Waals surface area contributed by atoms with Gasteiger partial charge < -0.3 is 15.3 Å². The Bertz CT molecular complexity index is 214. The molecule has 0 fully saturated rings. The molecule has 0 aliphatic heterocycles. The fourth-order valence-corrected chi connectivity index (χ4v) is 2.86. The quantitative estimate of drug-likeness (QED) is 0.417. The van der Waals surface area contributed by atoms with Gasteiger partial charge in [0.15, 0.2) is 0 Å². The Morgan fingerprint density at radius 3 is 1.10 bits per heavy atom. The van der Waals surface area contributed by atoms with Gasteiger partial charge in [0, 0.05) is 45.7 Å². The molecule has 0 amide bonds. The third-order valence-corrected chi connectivity index (χ3v) is 5.63. The van der Waals surface area contributed by atoms with E-state index in [1.807, 2.05) is 20.8 Å². The maximum Gasteiger partial charge on any atom is 0 e. The number of aliphatic hydroxyl groups excluding tert-OH is 3. The van der Waals surface area contributed by atoms with Crippen LogP contribution in [0.25, 0.3) is 0 Å². The fraction of sp³-hybridized carbons (Fsp3) is 0.688. The molecule has 1 aromatic rings. The van der Waals surface area contributed by atoms with Crippen LogP contribution in [0.4, 0.5) is 0 Å². The van der Waals surface area contributed by atoms with Crippen molar-refractivity contribution in [2.75, 3.05) is 19.8 Å². The van der Waals surface area contributed by atoms with Gasteiger partial charge in [0.05, 0.1) is 0 Å². The van der Waals surface area contributed by atoms with E-state index in [0.717, 1.165) is 19.3 Å². The van der Waals surface area contributed by atoms with E-state index in [-0.39, 0.29) is 25.8 Å². The average Bonchev–Trinajstić information content (AvgIpc) is 3.02. The molecule has 0 saturated carbocycles. The van der Waals surface area contributed by atoms with E-state index in [4.69, 9.17) is 15.3 Å². The van der Waals surface area contributed by atoms with Gasteiger partial charge >= 0.3 is 54.5 Å². The number of aliphatic hydroxyl groups is 3. The first kappa shape index (κ1) is 29.6. The molecule has 3 nitrogen and oxygen atoms in total. The van der Waals surface area contributed by atoms with Crippen molar-refractivity contribution in [2.45, 2.75) is 51.5 Å². The van der Waals surface area contributed by atoms with Crippen molar-refractivity contribution in [3.05, 3.63) is 24.3 Å². The average molecular weight is 527 g/mol. The van der Waals surface area contributed by atoms with Crippen LogP contribution in [-0.2, 0) is 25.8 Å².